The van der Waals surface area contributed by atoms with Gasteiger partial charge in [-0.3, -0.25) is 14.4 Å². The highest BCUT2D eigenvalue weighted by atomic mass is 35.5. The zero-order valence-electron chi connectivity index (χ0n) is 23.9. The van der Waals surface area contributed by atoms with Gasteiger partial charge in [0, 0.05) is 34.6 Å². The molecule has 0 spiro atoms. The first-order chi connectivity index (χ1) is 16.2. The van der Waals surface area contributed by atoms with E-state index in [-0.39, 0.29) is 43.4 Å². The zero-order chi connectivity index (χ0) is 27.3. The van der Waals surface area contributed by atoms with Crippen molar-refractivity contribution in [1.82, 2.24) is 0 Å². The molecule has 0 aliphatic heterocycles. The molecule has 0 amide bonds. The number of hydrogen-bond acceptors (Lipinski definition) is 4. The van der Waals surface area contributed by atoms with Gasteiger partial charge in [-0.25, -0.2) is 0 Å². The summed E-state index contributed by atoms with van der Waals surface area (Å²) in [6.45, 7) is -2.74. The van der Waals surface area contributed by atoms with Crippen molar-refractivity contribution in [3.63, 3.8) is 0 Å². The zero-order valence-corrected chi connectivity index (χ0v) is 16.7. The second-order valence-electron chi connectivity index (χ2n) is 9.04. The quantitative estimate of drug-likeness (QED) is 0.614. The van der Waals surface area contributed by atoms with E-state index in [0.717, 1.165) is 0 Å². The highest BCUT2D eigenvalue weighted by Gasteiger charge is 2.67. The topological polar surface area (TPSA) is 60.4 Å². The summed E-state index contributed by atoms with van der Waals surface area (Å²) in [4.78, 5) is 38.3. The van der Waals surface area contributed by atoms with Gasteiger partial charge >= 0.3 is 5.97 Å². The molecule has 4 aliphatic carbocycles. The number of carbonyl (C=O) groups excluding carboxylic acids is 3. The van der Waals surface area contributed by atoms with Gasteiger partial charge in [0.05, 0.1) is 0 Å². The van der Waals surface area contributed by atoms with Crippen LogP contribution in [0.4, 0.5) is 0 Å². The van der Waals surface area contributed by atoms with Gasteiger partial charge in [0.2, 0.25) is 0 Å². The van der Waals surface area contributed by atoms with Crippen molar-refractivity contribution in [1.29, 1.82) is 0 Å². The molecule has 5 heteroatoms. The minimum absolute atomic E-state index is 0.0628. The predicted molar refractivity (Wildman–Crippen MR) is 107 cm³/mol. The Morgan fingerprint density at radius 2 is 1.96 bits per heavy atom. The first-order valence-electron chi connectivity index (χ1n) is 13.6. The summed E-state index contributed by atoms with van der Waals surface area (Å²) in [5.74, 6) is -4.40. The van der Waals surface area contributed by atoms with Gasteiger partial charge in [-0.05, 0) is 73.8 Å². The Labute approximate surface area is 183 Å². The van der Waals surface area contributed by atoms with Crippen LogP contribution in [-0.2, 0) is 19.1 Å². The molecule has 0 aromatic heterocycles. The van der Waals surface area contributed by atoms with E-state index in [1.807, 2.05) is 6.92 Å². The second kappa shape index (κ2) is 6.29. The summed E-state index contributed by atoms with van der Waals surface area (Å²) in [6, 6.07) is 0. The molecule has 152 valence electrons. The van der Waals surface area contributed by atoms with Gasteiger partial charge in [0.15, 0.2) is 17.2 Å². The molecule has 2 fully saturated rings. The number of carbonyl (C=O) groups is 3. The Hall–Kier alpha value is -1.42. The van der Waals surface area contributed by atoms with E-state index < -0.39 is 54.0 Å². The molecule has 4 nitrogen and oxygen atoms in total. The molecule has 28 heavy (non-hydrogen) atoms. The Kier molecular flexibility index (Phi) is 2.77. The fourth-order valence-corrected chi connectivity index (χ4v) is 6.98. The van der Waals surface area contributed by atoms with Crippen LogP contribution >= 0.6 is 11.6 Å². The molecule has 0 radical (unpaired) electrons. The van der Waals surface area contributed by atoms with Crippen LogP contribution in [-0.4, -0.2) is 23.1 Å². The number of ketones is 2. The lowest BCUT2D eigenvalue weighted by Crippen LogP contribution is -2.58. The Morgan fingerprint density at radius 3 is 2.68 bits per heavy atom. The van der Waals surface area contributed by atoms with Crippen LogP contribution < -0.4 is 0 Å². The molecular formula is C23H29ClO4. The van der Waals surface area contributed by atoms with Gasteiger partial charge in [-0.2, -0.15) is 0 Å². The van der Waals surface area contributed by atoms with E-state index in [4.69, 9.17) is 27.3 Å². The van der Waals surface area contributed by atoms with Gasteiger partial charge in [0.1, 0.15) is 0 Å². The third kappa shape index (κ3) is 2.46. The molecule has 0 unspecified atom stereocenters. The normalized spacial score (nSPS) is 51.5. The van der Waals surface area contributed by atoms with E-state index in [9.17, 15) is 14.4 Å². The number of ether oxygens (including phenoxy) is 1. The molecule has 0 saturated heterocycles. The number of Topliss-reactive ketones (excluding diaryl/α,β-unsaturated/α-hetero) is 1. The second-order valence-corrected chi connectivity index (χ2v) is 9.45. The van der Waals surface area contributed by atoms with Crippen LogP contribution in [0.3, 0.4) is 0 Å². The summed E-state index contributed by atoms with van der Waals surface area (Å²) in [5, 5.41) is 0.311. The average molecular weight is 413 g/mol. The number of hydrogen-bond donors (Lipinski definition) is 0. The third-order valence-electron chi connectivity index (χ3n) is 8.02. The van der Waals surface area contributed by atoms with Crippen LogP contribution in [0.15, 0.2) is 22.8 Å². The fraction of sp³-hybridized carbons (Fsp3) is 0.696. The van der Waals surface area contributed by atoms with Gasteiger partial charge < -0.3 is 4.74 Å². The minimum atomic E-state index is -3.17. The highest BCUT2D eigenvalue weighted by Crippen LogP contribution is 2.68. The number of allylic oxidation sites excluding steroid dienone is 4. The minimum Gasteiger partial charge on any atom is -0.451 e. The maximum atomic E-state index is 13.4. The van der Waals surface area contributed by atoms with Crippen LogP contribution in [0, 0.1) is 28.6 Å². The van der Waals surface area contributed by atoms with E-state index in [1.54, 1.807) is 13.0 Å². The number of rotatable bonds is 2. The first kappa shape index (κ1) is 12.3. The lowest BCUT2D eigenvalue weighted by molar-refractivity contribution is -0.185. The molecule has 4 aliphatic rings. The van der Waals surface area contributed by atoms with Crippen LogP contribution in [0.5, 0.6) is 0 Å². The van der Waals surface area contributed by atoms with Gasteiger partial charge in [0.25, 0.3) is 0 Å². The van der Waals surface area contributed by atoms with Gasteiger partial charge in [-0.1, -0.05) is 31.5 Å². The molecule has 0 N–H and O–H groups in total. The van der Waals surface area contributed by atoms with E-state index in [2.05, 4.69) is 0 Å². The maximum Gasteiger partial charge on any atom is 0.303 e. The van der Waals surface area contributed by atoms with Crippen molar-refractivity contribution in [3.8, 4) is 0 Å². The summed E-state index contributed by atoms with van der Waals surface area (Å²) in [6.07, 6.45) is 1.75. The largest absolute Gasteiger partial charge is 0.451 e. The monoisotopic (exact) mass is 412 g/mol. The molecular weight excluding hydrogens is 376 g/mol. The lowest BCUT2D eigenvalue weighted by Gasteiger charge is -2.57. The van der Waals surface area contributed by atoms with Crippen LogP contribution in [0.1, 0.15) is 77.0 Å². The van der Waals surface area contributed by atoms with Crippen molar-refractivity contribution >= 4 is 29.1 Å². The maximum absolute atomic E-state index is 13.4. The molecule has 0 heterocycles. The SMILES string of the molecule is [2H]C([2H])([2H])C(=O)O[C@]1(C(=O)C([2H])([2H])[2H])CC[C@H]2[C@@H]3C=C(Cl)C4=CC(=O)C([2H])([2H])C[C@]4(C)[C@H]3CC[C@@]21C. The highest BCUT2D eigenvalue weighted by molar-refractivity contribution is 6.32. The van der Waals surface area contributed by atoms with E-state index in [1.165, 1.54) is 6.08 Å². The standard InChI is InChI=1S/C23H29ClO4/c1-13(25)23(28-14(2)26)10-7-18-16-12-20(24)19-11-15(27)5-8-21(19,3)17(16)6-9-22(18,23)4/h11-12,16-18H,5-10H2,1-4H3/t16-,17+,18+,21-,22+,23+/m1/s1/i1D3,2D3,5D2. The third-order valence-corrected chi connectivity index (χ3v) is 8.35. The van der Waals surface area contributed by atoms with Crippen LogP contribution in [0.25, 0.3) is 0 Å². The van der Waals surface area contributed by atoms with E-state index >= 15 is 0 Å². The molecule has 0 bridgehead atoms. The van der Waals surface area contributed by atoms with E-state index in [0.29, 0.717) is 17.0 Å². The smallest absolute Gasteiger partial charge is 0.303 e. The number of fused-ring (bicyclic) bond motifs is 5. The molecule has 0 aromatic rings. The number of halogens is 1. The van der Waals surface area contributed by atoms with Crippen LogP contribution in [0.2, 0.25) is 0 Å². The predicted octanol–water partition coefficient (Wildman–Crippen LogP) is 4.75. The van der Waals surface area contributed by atoms with Crippen molar-refractivity contribution < 1.29 is 30.1 Å². The summed E-state index contributed by atoms with van der Waals surface area (Å²) in [7, 11) is 0. The first-order valence-corrected chi connectivity index (χ1v) is 10.0. The van der Waals surface area contributed by atoms with Crippen molar-refractivity contribution in [2.24, 2.45) is 28.6 Å². The molecule has 2 saturated carbocycles. The average Bonchev–Trinajstić information content (AvgIpc) is 3.01. The Bertz CT molecular complexity index is 1090. The lowest BCUT2D eigenvalue weighted by atomic mass is 9.48. The number of esters is 1. The fourth-order valence-electron chi connectivity index (χ4n) is 6.56. The molecule has 6 atom stereocenters. The van der Waals surface area contributed by atoms with Crippen molar-refractivity contribution in [2.45, 2.75) is 71.6 Å². The molecule has 0 aromatic carbocycles. The Balaban J connectivity index is 1.82. The summed E-state index contributed by atoms with van der Waals surface area (Å²) in [5.41, 5.74) is -3.53. The molecule has 4 rings (SSSR count). The Morgan fingerprint density at radius 1 is 1.21 bits per heavy atom. The van der Waals surface area contributed by atoms with Crippen molar-refractivity contribution in [2.75, 3.05) is 0 Å². The van der Waals surface area contributed by atoms with Gasteiger partial charge in [-0.15, -0.1) is 0 Å². The van der Waals surface area contributed by atoms with Crippen molar-refractivity contribution in [3.05, 3.63) is 22.8 Å². The summed E-state index contributed by atoms with van der Waals surface area (Å²) >= 11 is 6.65. The summed E-state index contributed by atoms with van der Waals surface area (Å²) < 4.78 is 67.6.